The van der Waals surface area contributed by atoms with Crippen LogP contribution in [0.2, 0.25) is 0 Å². The lowest BCUT2D eigenvalue weighted by Crippen LogP contribution is -2.64. The van der Waals surface area contributed by atoms with E-state index in [1.54, 1.807) is 20.0 Å². The summed E-state index contributed by atoms with van der Waals surface area (Å²) in [6, 6.07) is 5.92. The molecule has 3 saturated carbocycles. The van der Waals surface area contributed by atoms with Gasteiger partial charge >= 0.3 is 0 Å². The molecule has 158 valence electrons. The van der Waals surface area contributed by atoms with Crippen LogP contribution in [-0.4, -0.2) is 35.7 Å². The number of carbonyl (C=O) groups is 1. The molecule has 5 nitrogen and oxygen atoms in total. The Morgan fingerprint density at radius 3 is 2.53 bits per heavy atom. The molecule has 3 aliphatic carbocycles. The smallest absolute Gasteiger partial charge is 0.231 e. The van der Waals surface area contributed by atoms with Gasteiger partial charge in [-0.25, -0.2) is 4.39 Å². The Morgan fingerprint density at radius 2 is 1.97 bits per heavy atom. The van der Waals surface area contributed by atoms with E-state index in [1.165, 1.54) is 6.07 Å². The van der Waals surface area contributed by atoms with Gasteiger partial charge in [0, 0.05) is 35.9 Å². The number of halogens is 1. The van der Waals surface area contributed by atoms with Gasteiger partial charge in [0.15, 0.2) is 0 Å². The van der Waals surface area contributed by atoms with Crippen molar-refractivity contribution in [2.24, 2.45) is 17.3 Å². The molecule has 0 radical (unpaired) electrons. The van der Waals surface area contributed by atoms with Gasteiger partial charge in [-0.2, -0.15) is 5.26 Å². The van der Waals surface area contributed by atoms with E-state index in [0.29, 0.717) is 22.7 Å². The maximum atomic E-state index is 14.7. The molecule has 0 aromatic heterocycles. The fourth-order valence-corrected chi connectivity index (χ4v) is 6.55. The highest BCUT2D eigenvalue weighted by Gasteiger charge is 2.56. The first-order chi connectivity index (χ1) is 14.4. The van der Waals surface area contributed by atoms with Crippen LogP contribution in [0.5, 0.6) is 0 Å². The van der Waals surface area contributed by atoms with Crippen LogP contribution in [-0.2, 0) is 4.79 Å². The number of piperidine rings is 2. The molecule has 6 rings (SSSR count). The fraction of sp³-hybridized carbons (Fsp3) is 0.625. The Labute approximate surface area is 177 Å². The van der Waals surface area contributed by atoms with Gasteiger partial charge in [-0.05, 0) is 75.8 Å². The number of rotatable bonds is 5. The highest BCUT2D eigenvalue weighted by molar-refractivity contribution is 6.14. The normalized spacial score (nSPS) is 32.6. The van der Waals surface area contributed by atoms with Crippen molar-refractivity contribution in [1.82, 2.24) is 4.90 Å². The van der Waals surface area contributed by atoms with Crippen molar-refractivity contribution in [3.05, 3.63) is 29.1 Å². The average molecular weight is 409 g/mol. The number of nitrogens with zero attached hydrogens (tertiary/aromatic N) is 2. The molecule has 2 aliphatic heterocycles. The first-order valence-electron chi connectivity index (χ1n) is 11.2. The highest BCUT2D eigenvalue weighted by Crippen LogP contribution is 2.56. The molecule has 2 heterocycles. The fourth-order valence-electron chi connectivity index (χ4n) is 6.55. The van der Waals surface area contributed by atoms with Gasteiger partial charge in [-0.15, -0.1) is 0 Å². The van der Waals surface area contributed by atoms with Crippen LogP contribution in [0.3, 0.4) is 0 Å². The van der Waals surface area contributed by atoms with Gasteiger partial charge in [0.25, 0.3) is 0 Å². The van der Waals surface area contributed by atoms with Crippen LogP contribution in [0.25, 0.3) is 0 Å². The molecular formula is C24H29FN4O. The molecule has 2 N–H and O–H groups in total. The van der Waals surface area contributed by atoms with Crippen molar-refractivity contribution in [1.29, 1.82) is 10.7 Å². The number of hydrogen-bond donors (Lipinski definition) is 2. The molecular weight excluding hydrogens is 379 g/mol. The van der Waals surface area contributed by atoms with E-state index in [-0.39, 0.29) is 40.9 Å². The second-order valence-electron chi connectivity index (χ2n) is 9.94. The summed E-state index contributed by atoms with van der Waals surface area (Å²) in [7, 11) is 1.77. The standard InChI is InChI=1S/C24H29FN4O/c1-13(22(27)21-19(28-2)6-5-18(25)20(21)15-3-4-15)23(30)29-16-7-14-8-17(29)11-24(9-14,10-16)12-26/h5-6,13-17,27-28H,3-4,7-11H2,1-2H3. The summed E-state index contributed by atoms with van der Waals surface area (Å²) in [4.78, 5) is 15.6. The first kappa shape index (κ1) is 19.5. The van der Waals surface area contributed by atoms with Crippen LogP contribution in [0.4, 0.5) is 10.1 Å². The molecule has 1 aromatic carbocycles. The molecule has 2 saturated heterocycles. The first-order valence-corrected chi connectivity index (χ1v) is 11.2. The highest BCUT2D eigenvalue weighted by atomic mass is 19.1. The number of nitrogens with one attached hydrogen (secondary N) is 2. The summed E-state index contributed by atoms with van der Waals surface area (Å²) in [6.07, 6.45) is 6.31. The predicted octanol–water partition coefficient (Wildman–Crippen LogP) is 4.43. The summed E-state index contributed by atoms with van der Waals surface area (Å²) in [5, 5.41) is 21.8. The summed E-state index contributed by atoms with van der Waals surface area (Å²) >= 11 is 0. The molecule has 3 atom stereocenters. The van der Waals surface area contributed by atoms with Crippen molar-refractivity contribution in [3.63, 3.8) is 0 Å². The summed E-state index contributed by atoms with van der Waals surface area (Å²) in [5.74, 6) is -0.252. The topological polar surface area (TPSA) is 80.0 Å². The number of hydrogen-bond acceptors (Lipinski definition) is 4. The maximum absolute atomic E-state index is 14.7. The van der Waals surface area contributed by atoms with Gasteiger partial charge < -0.3 is 15.6 Å². The van der Waals surface area contributed by atoms with Crippen molar-refractivity contribution in [2.45, 2.75) is 69.9 Å². The van der Waals surface area contributed by atoms with Crippen LogP contribution < -0.4 is 5.32 Å². The van der Waals surface area contributed by atoms with Gasteiger partial charge in [0.1, 0.15) is 5.82 Å². The van der Waals surface area contributed by atoms with E-state index in [9.17, 15) is 14.4 Å². The van der Waals surface area contributed by atoms with E-state index < -0.39 is 5.92 Å². The van der Waals surface area contributed by atoms with Gasteiger partial charge in [0.05, 0.1) is 23.1 Å². The minimum absolute atomic E-state index is 0.0325. The molecule has 30 heavy (non-hydrogen) atoms. The third-order valence-electron chi connectivity index (χ3n) is 7.94. The molecule has 3 unspecified atom stereocenters. The minimum Gasteiger partial charge on any atom is -0.388 e. The second-order valence-corrected chi connectivity index (χ2v) is 9.94. The van der Waals surface area contributed by atoms with E-state index in [4.69, 9.17) is 5.41 Å². The van der Waals surface area contributed by atoms with Crippen molar-refractivity contribution >= 4 is 17.3 Å². The minimum atomic E-state index is -0.632. The molecule has 5 aliphatic rings. The Morgan fingerprint density at radius 1 is 1.30 bits per heavy atom. The van der Waals surface area contributed by atoms with E-state index in [0.717, 1.165) is 44.9 Å². The van der Waals surface area contributed by atoms with Crippen LogP contribution in [0.1, 0.15) is 68.9 Å². The van der Waals surface area contributed by atoms with Crippen LogP contribution in [0, 0.1) is 39.8 Å². The lowest BCUT2D eigenvalue weighted by molar-refractivity contribution is -0.155. The lowest BCUT2D eigenvalue weighted by Gasteiger charge is -2.59. The Balaban J connectivity index is 1.44. The SMILES string of the molecule is CNc1ccc(F)c(C2CC2)c1C(=N)C(C)C(=O)N1C2CC3CC1CC(C#N)(C3)C2. The zero-order valence-electron chi connectivity index (χ0n) is 17.7. The number of amides is 1. The quantitative estimate of drug-likeness (QED) is 0.707. The molecule has 6 heteroatoms. The van der Waals surface area contributed by atoms with Crippen molar-refractivity contribution < 1.29 is 9.18 Å². The largest absolute Gasteiger partial charge is 0.388 e. The Hall–Kier alpha value is -2.42. The van der Waals surface area contributed by atoms with E-state index in [1.807, 2.05) is 4.90 Å². The Kier molecular flexibility index (Phi) is 4.43. The number of nitriles is 1. The third kappa shape index (κ3) is 2.85. The molecule has 5 fully saturated rings. The maximum Gasteiger partial charge on any atom is 0.231 e. The molecule has 4 bridgehead atoms. The number of anilines is 1. The monoisotopic (exact) mass is 408 g/mol. The van der Waals surface area contributed by atoms with Crippen LogP contribution >= 0.6 is 0 Å². The second kappa shape index (κ2) is 6.80. The van der Waals surface area contributed by atoms with Gasteiger partial charge in [-0.3, -0.25) is 4.79 Å². The van der Waals surface area contributed by atoms with E-state index >= 15 is 0 Å². The van der Waals surface area contributed by atoms with Gasteiger partial charge in [0.2, 0.25) is 5.91 Å². The van der Waals surface area contributed by atoms with Crippen molar-refractivity contribution in [2.75, 3.05) is 12.4 Å². The summed E-state index contributed by atoms with van der Waals surface area (Å²) < 4.78 is 14.7. The van der Waals surface area contributed by atoms with Crippen molar-refractivity contribution in [3.8, 4) is 6.07 Å². The zero-order valence-corrected chi connectivity index (χ0v) is 17.7. The number of benzene rings is 1. The molecule has 1 aromatic rings. The average Bonchev–Trinajstić information content (AvgIpc) is 3.56. The van der Waals surface area contributed by atoms with Gasteiger partial charge in [-0.1, -0.05) is 0 Å². The lowest BCUT2D eigenvalue weighted by atomic mass is 9.56. The molecule has 1 amide bonds. The number of carbonyl (C=O) groups excluding carboxylic acids is 1. The predicted molar refractivity (Wildman–Crippen MR) is 113 cm³/mol. The van der Waals surface area contributed by atoms with E-state index in [2.05, 4.69) is 11.4 Å². The Bertz CT molecular complexity index is 947. The molecule has 0 spiro atoms. The summed E-state index contributed by atoms with van der Waals surface area (Å²) in [6.45, 7) is 1.79. The zero-order chi connectivity index (χ0) is 21.2. The summed E-state index contributed by atoms with van der Waals surface area (Å²) in [5.41, 5.74) is 1.82. The third-order valence-corrected chi connectivity index (χ3v) is 7.94. The van der Waals surface area contributed by atoms with Crippen LogP contribution in [0.15, 0.2) is 12.1 Å².